The number of aryl methyl sites for hydroxylation is 1. The summed E-state index contributed by atoms with van der Waals surface area (Å²) in [5, 5.41) is 12.7. The lowest BCUT2D eigenvalue weighted by molar-refractivity contribution is -0.136. The van der Waals surface area contributed by atoms with Gasteiger partial charge in [-0.05, 0) is 38.1 Å². The Morgan fingerprint density at radius 2 is 2.10 bits per heavy atom. The fourth-order valence-electron chi connectivity index (χ4n) is 1.71. The highest BCUT2D eigenvalue weighted by atomic mass is 32.1. The summed E-state index contributed by atoms with van der Waals surface area (Å²) in [7, 11) is 0. The molecule has 20 heavy (non-hydrogen) atoms. The largest absolute Gasteiger partial charge is 0.494 e. The van der Waals surface area contributed by atoms with Crippen LogP contribution in [-0.4, -0.2) is 22.7 Å². The van der Waals surface area contributed by atoms with Gasteiger partial charge in [0.1, 0.15) is 5.75 Å². The van der Waals surface area contributed by atoms with Crippen molar-refractivity contribution in [3.63, 3.8) is 0 Å². The minimum atomic E-state index is -0.843. The maximum atomic E-state index is 10.7. The zero-order valence-corrected chi connectivity index (χ0v) is 12.2. The van der Waals surface area contributed by atoms with Gasteiger partial charge >= 0.3 is 5.97 Å². The van der Waals surface area contributed by atoms with Gasteiger partial charge in [-0.2, -0.15) is 0 Å². The smallest absolute Gasteiger partial charge is 0.308 e. The molecule has 2 rings (SSSR count). The summed E-state index contributed by atoms with van der Waals surface area (Å²) in [6.45, 7) is 4.39. The van der Waals surface area contributed by atoms with Crippen LogP contribution in [0.2, 0.25) is 0 Å². The predicted octanol–water partition coefficient (Wildman–Crippen LogP) is 3.22. The molecule has 1 aromatic heterocycles. The Labute approximate surface area is 121 Å². The molecule has 0 atom stereocenters. The van der Waals surface area contributed by atoms with Gasteiger partial charge in [-0.15, -0.1) is 11.3 Å². The molecular weight excluding hydrogens is 276 g/mol. The van der Waals surface area contributed by atoms with E-state index >= 15 is 0 Å². The van der Waals surface area contributed by atoms with Crippen LogP contribution in [0.3, 0.4) is 0 Å². The number of hydrogen-bond acceptors (Lipinski definition) is 5. The van der Waals surface area contributed by atoms with E-state index in [1.807, 2.05) is 38.1 Å². The number of ether oxygens (including phenoxy) is 1. The van der Waals surface area contributed by atoms with Gasteiger partial charge in [0.25, 0.3) is 0 Å². The second-order valence-corrected chi connectivity index (χ2v) is 5.26. The van der Waals surface area contributed by atoms with Crippen LogP contribution >= 0.6 is 11.3 Å². The Morgan fingerprint density at radius 1 is 1.40 bits per heavy atom. The van der Waals surface area contributed by atoms with E-state index in [-0.39, 0.29) is 6.42 Å². The van der Waals surface area contributed by atoms with Gasteiger partial charge in [-0.1, -0.05) is 0 Å². The summed E-state index contributed by atoms with van der Waals surface area (Å²) in [5.74, 6) is -0.0238. The normalized spacial score (nSPS) is 10.3. The van der Waals surface area contributed by atoms with E-state index in [4.69, 9.17) is 9.84 Å². The lowest BCUT2D eigenvalue weighted by Crippen LogP contribution is -1.99. The summed E-state index contributed by atoms with van der Waals surface area (Å²) in [5.41, 5.74) is 1.65. The summed E-state index contributed by atoms with van der Waals surface area (Å²) in [4.78, 5) is 15.8. The first-order valence-corrected chi connectivity index (χ1v) is 7.08. The van der Waals surface area contributed by atoms with E-state index < -0.39 is 5.97 Å². The molecule has 5 nitrogen and oxygen atoms in total. The van der Waals surface area contributed by atoms with Crippen LogP contribution in [0.1, 0.15) is 17.5 Å². The minimum absolute atomic E-state index is 0.00839. The molecule has 0 spiro atoms. The molecule has 0 aliphatic heterocycles. The maximum Gasteiger partial charge on any atom is 0.308 e. The number of nitrogens with zero attached hydrogens (tertiary/aromatic N) is 1. The predicted molar refractivity (Wildman–Crippen MR) is 79.1 cm³/mol. The number of hydrogen-bond donors (Lipinski definition) is 2. The molecule has 0 saturated heterocycles. The first kappa shape index (κ1) is 14.3. The van der Waals surface area contributed by atoms with Crippen LogP contribution in [0.5, 0.6) is 5.75 Å². The van der Waals surface area contributed by atoms with Crippen LogP contribution in [0.15, 0.2) is 24.3 Å². The van der Waals surface area contributed by atoms with Crippen LogP contribution in [0.4, 0.5) is 10.8 Å². The van der Waals surface area contributed by atoms with Crippen molar-refractivity contribution in [1.82, 2.24) is 4.98 Å². The molecule has 2 N–H and O–H groups in total. The molecule has 1 aromatic carbocycles. The molecule has 0 unspecified atom stereocenters. The van der Waals surface area contributed by atoms with Gasteiger partial charge in [-0.3, -0.25) is 4.79 Å². The number of thiazole rings is 1. The maximum absolute atomic E-state index is 10.7. The number of benzene rings is 1. The van der Waals surface area contributed by atoms with Crippen molar-refractivity contribution in [2.75, 3.05) is 11.9 Å². The van der Waals surface area contributed by atoms with Crippen molar-refractivity contribution in [2.45, 2.75) is 20.3 Å². The Kier molecular flexibility index (Phi) is 4.57. The summed E-state index contributed by atoms with van der Waals surface area (Å²) >= 11 is 1.36. The van der Waals surface area contributed by atoms with Crippen molar-refractivity contribution in [3.05, 3.63) is 34.8 Å². The van der Waals surface area contributed by atoms with Gasteiger partial charge in [0.05, 0.1) is 18.7 Å². The number of carboxylic acid groups (broad SMARTS) is 1. The van der Waals surface area contributed by atoms with Gasteiger partial charge < -0.3 is 15.2 Å². The third kappa shape index (κ3) is 3.71. The molecule has 0 radical (unpaired) electrons. The number of carboxylic acids is 1. The quantitative estimate of drug-likeness (QED) is 0.855. The lowest BCUT2D eigenvalue weighted by atomic mass is 10.3. The van der Waals surface area contributed by atoms with E-state index in [0.29, 0.717) is 11.7 Å². The van der Waals surface area contributed by atoms with Crippen molar-refractivity contribution < 1.29 is 14.6 Å². The van der Waals surface area contributed by atoms with Crippen LogP contribution < -0.4 is 10.1 Å². The molecule has 0 fully saturated rings. The van der Waals surface area contributed by atoms with Crippen LogP contribution in [-0.2, 0) is 11.2 Å². The zero-order valence-electron chi connectivity index (χ0n) is 11.3. The van der Waals surface area contributed by atoms with E-state index in [0.717, 1.165) is 22.0 Å². The Morgan fingerprint density at radius 3 is 2.70 bits per heavy atom. The van der Waals surface area contributed by atoms with Crippen molar-refractivity contribution >= 4 is 28.1 Å². The van der Waals surface area contributed by atoms with Gasteiger partial charge in [0, 0.05) is 10.6 Å². The molecule has 0 saturated carbocycles. The zero-order chi connectivity index (χ0) is 14.5. The van der Waals surface area contributed by atoms with Gasteiger partial charge in [0.15, 0.2) is 5.13 Å². The Balaban J connectivity index is 2.07. The first-order chi connectivity index (χ1) is 9.58. The third-order valence-corrected chi connectivity index (χ3v) is 3.69. The molecule has 0 amide bonds. The molecule has 0 bridgehead atoms. The minimum Gasteiger partial charge on any atom is -0.494 e. The highest BCUT2D eigenvalue weighted by molar-refractivity contribution is 7.15. The Hall–Kier alpha value is -2.08. The van der Waals surface area contributed by atoms with Crippen LogP contribution in [0.25, 0.3) is 0 Å². The molecule has 6 heteroatoms. The third-order valence-electron chi connectivity index (χ3n) is 2.62. The molecule has 1 heterocycles. The van der Waals surface area contributed by atoms with Crippen molar-refractivity contribution in [3.8, 4) is 5.75 Å². The van der Waals surface area contributed by atoms with Gasteiger partial charge in [-0.25, -0.2) is 4.98 Å². The van der Waals surface area contributed by atoms with Crippen molar-refractivity contribution in [1.29, 1.82) is 0 Å². The summed E-state index contributed by atoms with van der Waals surface area (Å²) in [6.07, 6.45) is 0.00839. The second kappa shape index (κ2) is 6.38. The number of aliphatic carboxylic acids is 1. The lowest BCUT2D eigenvalue weighted by Gasteiger charge is -2.05. The highest BCUT2D eigenvalue weighted by Gasteiger charge is 2.11. The van der Waals surface area contributed by atoms with E-state index in [9.17, 15) is 4.79 Å². The number of anilines is 2. The van der Waals surface area contributed by atoms with Gasteiger partial charge in [0.2, 0.25) is 0 Å². The average molecular weight is 292 g/mol. The standard InChI is InChI=1S/C14H16N2O3S/c1-3-19-11-6-4-10(5-7-11)16-14-15-9(2)12(20-14)8-13(17)18/h4-7H,3,8H2,1-2H3,(H,15,16)(H,17,18). The monoisotopic (exact) mass is 292 g/mol. The summed E-state index contributed by atoms with van der Waals surface area (Å²) < 4.78 is 5.37. The SMILES string of the molecule is CCOc1ccc(Nc2nc(C)c(CC(=O)O)s2)cc1. The average Bonchev–Trinajstić information content (AvgIpc) is 2.72. The highest BCUT2D eigenvalue weighted by Crippen LogP contribution is 2.27. The Bertz CT molecular complexity index is 593. The first-order valence-electron chi connectivity index (χ1n) is 6.26. The van der Waals surface area contributed by atoms with Crippen LogP contribution in [0, 0.1) is 6.92 Å². The fraction of sp³-hybridized carbons (Fsp3) is 0.286. The fourth-order valence-corrected chi connectivity index (χ4v) is 2.68. The molecular formula is C14H16N2O3S. The van der Waals surface area contributed by atoms with E-state index in [1.165, 1.54) is 11.3 Å². The molecule has 2 aromatic rings. The molecule has 0 aliphatic rings. The van der Waals surface area contributed by atoms with Crippen molar-refractivity contribution in [2.24, 2.45) is 0 Å². The number of nitrogens with one attached hydrogen (secondary N) is 1. The number of rotatable bonds is 6. The number of aromatic nitrogens is 1. The summed E-state index contributed by atoms with van der Waals surface area (Å²) in [6, 6.07) is 7.56. The molecule has 0 aliphatic carbocycles. The van der Waals surface area contributed by atoms with E-state index in [2.05, 4.69) is 10.3 Å². The number of carbonyl (C=O) groups is 1. The van der Waals surface area contributed by atoms with E-state index in [1.54, 1.807) is 0 Å². The second-order valence-electron chi connectivity index (χ2n) is 4.18. The topological polar surface area (TPSA) is 71.5 Å². The molecule has 106 valence electrons.